The monoisotopic (exact) mass is 487 g/mol. The number of carbonyl (C=O) groups excluding carboxylic acids is 2. The number of nitrogens with zero attached hydrogens (tertiary/aromatic N) is 4. The number of carbonyl (C=O) groups is 2. The summed E-state index contributed by atoms with van der Waals surface area (Å²) < 4.78 is 5.24. The Balaban J connectivity index is 1.39. The van der Waals surface area contributed by atoms with Crippen LogP contribution in [0.2, 0.25) is 0 Å². The first-order chi connectivity index (χ1) is 17.3. The summed E-state index contributed by atoms with van der Waals surface area (Å²) in [4.78, 5) is 38.4. The Bertz CT molecular complexity index is 1230. The molecule has 2 atom stereocenters. The van der Waals surface area contributed by atoms with E-state index in [0.29, 0.717) is 29.9 Å². The van der Waals surface area contributed by atoms with Crippen molar-refractivity contribution in [3.05, 3.63) is 73.1 Å². The van der Waals surface area contributed by atoms with Gasteiger partial charge in [-0.3, -0.25) is 9.69 Å². The van der Waals surface area contributed by atoms with E-state index in [2.05, 4.69) is 51.3 Å². The fourth-order valence-corrected chi connectivity index (χ4v) is 3.76. The minimum atomic E-state index is -0.389. The largest absolute Gasteiger partial charge is 0.447 e. The first-order valence-corrected chi connectivity index (χ1v) is 11.7. The standard InChI is InChI=1S/C26H29N7O3/c1-5-24(34)31-20-10-11-22(28-14-20)30-19-8-6-18(7-9-19)17(4)29-25-27-13-12-23(32-25)33-21(16(2)3)15-36-26(33)35/h5-14,16-17,21H,1,15H2,2-4H3,(H,28,30)(H,31,34)(H,27,29,32)/t17-,21+/m0/s1. The van der Waals surface area contributed by atoms with Crippen molar-refractivity contribution in [1.82, 2.24) is 15.0 Å². The molecule has 3 heterocycles. The van der Waals surface area contributed by atoms with E-state index in [4.69, 9.17) is 4.74 Å². The van der Waals surface area contributed by atoms with E-state index in [9.17, 15) is 9.59 Å². The Kier molecular flexibility index (Phi) is 7.43. The van der Waals surface area contributed by atoms with Crippen LogP contribution in [0.4, 0.5) is 33.8 Å². The SMILES string of the molecule is C=CC(=O)Nc1ccc(Nc2ccc([C@H](C)Nc3nccc(N4C(=O)OC[C@@H]4C(C)C)n3)cc2)nc1. The van der Waals surface area contributed by atoms with Crippen LogP contribution in [0.3, 0.4) is 0 Å². The summed E-state index contributed by atoms with van der Waals surface area (Å²) in [5.41, 5.74) is 2.49. The third-order valence-electron chi connectivity index (χ3n) is 5.81. The zero-order valence-electron chi connectivity index (χ0n) is 20.4. The zero-order chi connectivity index (χ0) is 25.7. The number of rotatable bonds is 9. The predicted molar refractivity (Wildman–Crippen MR) is 139 cm³/mol. The molecule has 2 amide bonds. The van der Waals surface area contributed by atoms with Gasteiger partial charge in [0.2, 0.25) is 11.9 Å². The van der Waals surface area contributed by atoms with Crippen molar-refractivity contribution >= 4 is 41.0 Å². The normalized spacial score (nSPS) is 15.8. The van der Waals surface area contributed by atoms with E-state index in [-0.39, 0.29) is 30.0 Å². The van der Waals surface area contributed by atoms with Gasteiger partial charge in [0, 0.05) is 11.9 Å². The topological polar surface area (TPSA) is 121 Å². The summed E-state index contributed by atoms with van der Waals surface area (Å²) in [6, 6.07) is 13.0. The van der Waals surface area contributed by atoms with Crippen LogP contribution >= 0.6 is 0 Å². The van der Waals surface area contributed by atoms with E-state index in [1.165, 1.54) is 6.08 Å². The zero-order valence-corrected chi connectivity index (χ0v) is 20.4. The quantitative estimate of drug-likeness (QED) is 0.365. The molecule has 1 aromatic carbocycles. The van der Waals surface area contributed by atoms with Gasteiger partial charge in [-0.2, -0.15) is 4.98 Å². The second-order valence-corrected chi connectivity index (χ2v) is 8.74. The van der Waals surface area contributed by atoms with Gasteiger partial charge in [0.15, 0.2) is 0 Å². The van der Waals surface area contributed by atoms with E-state index in [0.717, 1.165) is 11.3 Å². The van der Waals surface area contributed by atoms with Crippen LogP contribution in [0.1, 0.15) is 32.4 Å². The highest BCUT2D eigenvalue weighted by molar-refractivity contribution is 5.98. The Morgan fingerprint density at radius 2 is 1.86 bits per heavy atom. The lowest BCUT2D eigenvalue weighted by molar-refractivity contribution is -0.111. The molecule has 1 saturated heterocycles. The van der Waals surface area contributed by atoms with E-state index in [1.807, 2.05) is 31.2 Å². The molecule has 1 fully saturated rings. The van der Waals surface area contributed by atoms with Crippen molar-refractivity contribution in [3.63, 3.8) is 0 Å². The molecule has 0 spiro atoms. The van der Waals surface area contributed by atoms with Crippen LogP contribution in [0.25, 0.3) is 0 Å². The van der Waals surface area contributed by atoms with E-state index in [1.54, 1.807) is 35.5 Å². The Morgan fingerprint density at radius 3 is 2.53 bits per heavy atom. The first-order valence-electron chi connectivity index (χ1n) is 11.7. The van der Waals surface area contributed by atoms with Gasteiger partial charge in [0.25, 0.3) is 0 Å². The van der Waals surface area contributed by atoms with Gasteiger partial charge >= 0.3 is 6.09 Å². The number of cyclic esters (lactones) is 1. The molecule has 1 aliphatic rings. The summed E-state index contributed by atoms with van der Waals surface area (Å²) in [5, 5.41) is 9.19. The predicted octanol–water partition coefficient (Wildman–Crippen LogP) is 4.89. The van der Waals surface area contributed by atoms with Gasteiger partial charge < -0.3 is 20.7 Å². The lowest BCUT2D eigenvalue weighted by atomic mass is 10.0. The van der Waals surface area contributed by atoms with Crippen LogP contribution in [0.15, 0.2) is 67.5 Å². The van der Waals surface area contributed by atoms with Crippen molar-refractivity contribution < 1.29 is 14.3 Å². The third kappa shape index (κ3) is 5.77. The highest BCUT2D eigenvalue weighted by Gasteiger charge is 2.37. The molecule has 4 rings (SSSR count). The van der Waals surface area contributed by atoms with E-state index >= 15 is 0 Å². The number of benzene rings is 1. The maximum absolute atomic E-state index is 12.3. The molecule has 2 aromatic heterocycles. The molecule has 3 aromatic rings. The molecule has 36 heavy (non-hydrogen) atoms. The maximum Gasteiger partial charge on any atom is 0.415 e. The van der Waals surface area contributed by atoms with Crippen molar-refractivity contribution in [1.29, 1.82) is 0 Å². The number of nitrogens with one attached hydrogen (secondary N) is 3. The summed E-state index contributed by atoms with van der Waals surface area (Å²) in [6.45, 7) is 9.90. The minimum absolute atomic E-state index is 0.0608. The van der Waals surface area contributed by atoms with Crippen LogP contribution in [0.5, 0.6) is 0 Å². The molecular weight excluding hydrogens is 458 g/mol. The molecule has 0 unspecified atom stereocenters. The number of aromatic nitrogens is 3. The maximum atomic E-state index is 12.3. The molecule has 3 N–H and O–H groups in total. The fourth-order valence-electron chi connectivity index (χ4n) is 3.76. The number of hydrogen-bond acceptors (Lipinski definition) is 8. The van der Waals surface area contributed by atoms with Gasteiger partial charge in [-0.1, -0.05) is 32.6 Å². The van der Waals surface area contributed by atoms with Gasteiger partial charge in [-0.15, -0.1) is 0 Å². The van der Waals surface area contributed by atoms with Crippen molar-refractivity contribution in [3.8, 4) is 0 Å². The van der Waals surface area contributed by atoms with E-state index < -0.39 is 0 Å². The van der Waals surface area contributed by atoms with Crippen LogP contribution < -0.4 is 20.9 Å². The third-order valence-corrected chi connectivity index (χ3v) is 5.81. The highest BCUT2D eigenvalue weighted by Crippen LogP contribution is 2.27. The number of anilines is 5. The van der Waals surface area contributed by atoms with Crippen molar-refractivity contribution in [2.45, 2.75) is 32.9 Å². The lowest BCUT2D eigenvalue weighted by Gasteiger charge is -2.23. The average Bonchev–Trinajstić information content (AvgIpc) is 3.27. The summed E-state index contributed by atoms with van der Waals surface area (Å²) in [5.74, 6) is 1.54. The fraction of sp³-hybridized carbons (Fsp3) is 0.269. The average molecular weight is 488 g/mol. The summed E-state index contributed by atoms with van der Waals surface area (Å²) in [6.07, 6.45) is 4.02. The highest BCUT2D eigenvalue weighted by atomic mass is 16.6. The Labute approximate surface area is 209 Å². The van der Waals surface area contributed by atoms with Crippen LogP contribution in [-0.4, -0.2) is 39.6 Å². The second-order valence-electron chi connectivity index (χ2n) is 8.74. The van der Waals surface area contributed by atoms with Gasteiger partial charge in [-0.25, -0.2) is 14.8 Å². The molecule has 186 valence electrons. The number of ether oxygens (including phenoxy) is 1. The molecule has 0 saturated carbocycles. The van der Waals surface area contributed by atoms with Crippen molar-refractivity contribution in [2.75, 3.05) is 27.5 Å². The molecule has 0 radical (unpaired) electrons. The molecular formula is C26H29N7O3. The van der Waals surface area contributed by atoms with Crippen LogP contribution in [0, 0.1) is 5.92 Å². The summed E-state index contributed by atoms with van der Waals surface area (Å²) in [7, 11) is 0. The second kappa shape index (κ2) is 10.9. The Hall–Kier alpha value is -4.47. The molecule has 0 bridgehead atoms. The molecule has 0 aliphatic carbocycles. The van der Waals surface area contributed by atoms with Gasteiger partial charge in [-0.05, 0) is 54.8 Å². The lowest BCUT2D eigenvalue weighted by Crippen LogP contribution is -2.37. The van der Waals surface area contributed by atoms with Gasteiger partial charge in [0.1, 0.15) is 18.2 Å². The smallest absolute Gasteiger partial charge is 0.415 e. The molecule has 1 aliphatic heterocycles. The van der Waals surface area contributed by atoms with Crippen molar-refractivity contribution in [2.24, 2.45) is 5.92 Å². The first kappa shape index (κ1) is 24.6. The summed E-state index contributed by atoms with van der Waals surface area (Å²) >= 11 is 0. The molecule has 10 nitrogen and oxygen atoms in total. The number of hydrogen-bond donors (Lipinski definition) is 3. The molecule has 10 heteroatoms. The number of amides is 2. The Morgan fingerprint density at radius 1 is 1.11 bits per heavy atom. The van der Waals surface area contributed by atoms with Gasteiger partial charge in [0.05, 0.1) is 24.0 Å². The van der Waals surface area contributed by atoms with Crippen LogP contribution in [-0.2, 0) is 9.53 Å². The number of pyridine rings is 1. The minimum Gasteiger partial charge on any atom is -0.447 e.